The number of fused-ring (bicyclic) bond motifs is 1. The van der Waals surface area contributed by atoms with Crippen LogP contribution in [-0.4, -0.2) is 21.6 Å². The molecular formula is C12H14ClFO4S. The molecule has 1 aromatic rings. The van der Waals surface area contributed by atoms with Crippen LogP contribution in [0, 0.1) is 0 Å². The smallest absolute Gasteiger partial charge is 0.236 e. The summed E-state index contributed by atoms with van der Waals surface area (Å²) >= 11 is 0. The van der Waals surface area contributed by atoms with Gasteiger partial charge in [0.15, 0.2) is 11.5 Å². The second-order valence-electron chi connectivity index (χ2n) is 4.35. The lowest BCUT2D eigenvalue weighted by atomic mass is 10.0. The van der Waals surface area contributed by atoms with E-state index in [0.29, 0.717) is 30.3 Å². The fourth-order valence-corrected chi connectivity index (χ4v) is 2.92. The van der Waals surface area contributed by atoms with E-state index in [1.54, 1.807) is 0 Å². The fraction of sp³-hybridized carbons (Fsp3) is 0.500. The average Bonchev–Trinajstić information content (AvgIpc) is 2.50. The van der Waals surface area contributed by atoms with Crippen LogP contribution in [0.1, 0.15) is 30.6 Å². The maximum Gasteiger partial charge on any atom is 0.236 e. The summed E-state index contributed by atoms with van der Waals surface area (Å²) in [5.74, 6) is 0.430. The van der Waals surface area contributed by atoms with Crippen LogP contribution in [0.2, 0.25) is 0 Å². The van der Waals surface area contributed by atoms with Gasteiger partial charge in [-0.25, -0.2) is 12.8 Å². The van der Waals surface area contributed by atoms with Gasteiger partial charge in [0.25, 0.3) is 0 Å². The van der Waals surface area contributed by atoms with Gasteiger partial charge < -0.3 is 9.47 Å². The Bertz CT molecular complexity index is 571. The third-order valence-corrected chi connectivity index (χ3v) is 3.75. The first-order chi connectivity index (χ1) is 8.87. The summed E-state index contributed by atoms with van der Waals surface area (Å²) < 4.78 is 46.9. The van der Waals surface area contributed by atoms with Crippen molar-refractivity contribution in [1.82, 2.24) is 0 Å². The predicted molar refractivity (Wildman–Crippen MR) is 70.0 cm³/mol. The Morgan fingerprint density at radius 1 is 1.32 bits per heavy atom. The van der Waals surface area contributed by atoms with Crippen LogP contribution in [0.15, 0.2) is 12.1 Å². The van der Waals surface area contributed by atoms with Crippen LogP contribution >= 0.6 is 10.7 Å². The lowest BCUT2D eigenvalue weighted by molar-refractivity contribution is 0.296. The zero-order chi connectivity index (χ0) is 14.0. The molecule has 0 N–H and O–H groups in total. The van der Waals surface area contributed by atoms with Gasteiger partial charge in [-0.15, -0.1) is 0 Å². The van der Waals surface area contributed by atoms with Crippen molar-refractivity contribution in [1.29, 1.82) is 0 Å². The quantitative estimate of drug-likeness (QED) is 0.806. The van der Waals surface area contributed by atoms with Crippen molar-refractivity contribution in [3.05, 3.63) is 23.3 Å². The highest BCUT2D eigenvalue weighted by Crippen LogP contribution is 2.37. The Morgan fingerprint density at radius 3 is 2.42 bits per heavy atom. The molecule has 0 aliphatic carbocycles. The number of rotatable bonds is 3. The van der Waals surface area contributed by atoms with E-state index in [1.807, 2.05) is 0 Å². The van der Waals surface area contributed by atoms with Gasteiger partial charge in [0.05, 0.1) is 19.0 Å². The molecule has 0 saturated heterocycles. The summed E-state index contributed by atoms with van der Waals surface area (Å²) in [7, 11) is 1.48. The number of alkyl halides is 1. The molecule has 1 aromatic carbocycles. The summed E-state index contributed by atoms with van der Waals surface area (Å²) in [6, 6.07) is 2.98. The van der Waals surface area contributed by atoms with E-state index in [9.17, 15) is 12.8 Å². The molecule has 1 heterocycles. The van der Waals surface area contributed by atoms with Gasteiger partial charge in [0, 0.05) is 17.1 Å². The number of hydrogen-bond acceptors (Lipinski definition) is 4. The average molecular weight is 309 g/mol. The molecule has 19 heavy (non-hydrogen) atoms. The first-order valence-corrected chi connectivity index (χ1v) is 8.33. The van der Waals surface area contributed by atoms with Crippen molar-refractivity contribution >= 4 is 19.7 Å². The Labute approximate surface area is 115 Å². The molecular weight excluding hydrogens is 295 g/mol. The van der Waals surface area contributed by atoms with Gasteiger partial charge in [-0.1, -0.05) is 0 Å². The van der Waals surface area contributed by atoms with E-state index in [2.05, 4.69) is 0 Å². The van der Waals surface area contributed by atoms with E-state index in [0.717, 1.165) is 6.42 Å². The Balaban J connectivity index is 2.48. The molecule has 0 radical (unpaired) electrons. The molecule has 1 aliphatic heterocycles. The van der Waals surface area contributed by atoms with Crippen LogP contribution in [0.25, 0.3) is 0 Å². The van der Waals surface area contributed by atoms with E-state index in [1.165, 1.54) is 19.1 Å². The SMILES string of the molecule is CC(F)c1cc2c(cc1CS(=O)(=O)Cl)OCCCO2. The van der Waals surface area contributed by atoms with Crippen molar-refractivity contribution in [3.8, 4) is 11.5 Å². The molecule has 1 aliphatic rings. The van der Waals surface area contributed by atoms with Crippen LogP contribution in [0.4, 0.5) is 4.39 Å². The monoisotopic (exact) mass is 308 g/mol. The number of halogens is 2. The lowest BCUT2D eigenvalue weighted by Crippen LogP contribution is -2.03. The van der Waals surface area contributed by atoms with Crippen molar-refractivity contribution < 1.29 is 22.3 Å². The van der Waals surface area contributed by atoms with Crippen LogP contribution in [-0.2, 0) is 14.8 Å². The number of benzene rings is 1. The van der Waals surface area contributed by atoms with E-state index < -0.39 is 21.0 Å². The molecule has 0 amide bonds. The highest BCUT2D eigenvalue weighted by atomic mass is 35.7. The van der Waals surface area contributed by atoms with Gasteiger partial charge in [-0.05, 0) is 30.2 Å². The van der Waals surface area contributed by atoms with Crippen LogP contribution < -0.4 is 9.47 Å². The summed E-state index contributed by atoms with van der Waals surface area (Å²) in [6.07, 6.45) is -0.594. The second-order valence-corrected chi connectivity index (χ2v) is 7.12. The molecule has 0 aromatic heterocycles. The van der Waals surface area contributed by atoms with Gasteiger partial charge in [-0.2, -0.15) is 0 Å². The molecule has 0 saturated carbocycles. The maximum absolute atomic E-state index is 13.6. The first-order valence-electron chi connectivity index (χ1n) is 5.85. The minimum absolute atomic E-state index is 0.258. The summed E-state index contributed by atoms with van der Waals surface area (Å²) in [6.45, 7) is 2.30. The lowest BCUT2D eigenvalue weighted by Gasteiger charge is -2.14. The van der Waals surface area contributed by atoms with Gasteiger partial charge in [-0.3, -0.25) is 0 Å². The predicted octanol–water partition coefficient (Wildman–Crippen LogP) is 2.95. The van der Waals surface area contributed by atoms with Crippen molar-refractivity contribution in [2.75, 3.05) is 13.2 Å². The van der Waals surface area contributed by atoms with E-state index in [-0.39, 0.29) is 5.56 Å². The zero-order valence-corrected chi connectivity index (χ0v) is 11.9. The Kier molecular flexibility index (Phi) is 4.20. The molecule has 1 unspecified atom stereocenters. The maximum atomic E-state index is 13.6. The largest absolute Gasteiger partial charge is 0.490 e. The van der Waals surface area contributed by atoms with Gasteiger partial charge in [0.2, 0.25) is 9.05 Å². The first kappa shape index (κ1) is 14.4. The van der Waals surface area contributed by atoms with Crippen molar-refractivity contribution in [2.24, 2.45) is 0 Å². The molecule has 4 nitrogen and oxygen atoms in total. The van der Waals surface area contributed by atoms with E-state index >= 15 is 0 Å². The molecule has 0 bridgehead atoms. The minimum atomic E-state index is -3.76. The molecule has 0 fully saturated rings. The van der Waals surface area contributed by atoms with Crippen molar-refractivity contribution in [2.45, 2.75) is 25.3 Å². The Hall–Kier alpha value is -1.01. The minimum Gasteiger partial charge on any atom is -0.490 e. The third kappa shape index (κ3) is 3.73. The number of hydrogen-bond donors (Lipinski definition) is 0. The second kappa shape index (κ2) is 5.54. The van der Waals surface area contributed by atoms with Gasteiger partial charge >= 0.3 is 0 Å². The van der Waals surface area contributed by atoms with Crippen molar-refractivity contribution in [3.63, 3.8) is 0 Å². The molecule has 106 valence electrons. The fourth-order valence-electron chi connectivity index (χ4n) is 1.95. The highest BCUT2D eigenvalue weighted by Gasteiger charge is 2.21. The molecule has 2 rings (SSSR count). The topological polar surface area (TPSA) is 52.6 Å². The van der Waals surface area contributed by atoms with Gasteiger partial charge in [0.1, 0.15) is 6.17 Å². The summed E-state index contributed by atoms with van der Waals surface area (Å²) in [4.78, 5) is 0. The van der Waals surface area contributed by atoms with Crippen LogP contribution in [0.5, 0.6) is 11.5 Å². The summed E-state index contributed by atoms with van der Waals surface area (Å²) in [5, 5.41) is 0. The van der Waals surface area contributed by atoms with E-state index in [4.69, 9.17) is 20.2 Å². The standard InChI is InChI=1S/C12H14ClFO4S/c1-8(14)10-6-12-11(17-3-2-4-18-12)5-9(10)7-19(13,15)16/h5-6,8H,2-4,7H2,1H3. The highest BCUT2D eigenvalue weighted by molar-refractivity contribution is 8.13. The zero-order valence-electron chi connectivity index (χ0n) is 10.4. The molecule has 7 heteroatoms. The molecule has 0 spiro atoms. The Morgan fingerprint density at radius 2 is 1.89 bits per heavy atom. The summed E-state index contributed by atoms with van der Waals surface area (Å²) in [5.41, 5.74) is 0.558. The molecule has 1 atom stereocenters. The van der Waals surface area contributed by atoms with Crippen LogP contribution in [0.3, 0.4) is 0 Å². The number of ether oxygens (including phenoxy) is 2. The normalized spacial score (nSPS) is 16.8. The third-order valence-electron chi connectivity index (χ3n) is 2.77.